The molecular weight excluding hydrogens is 390 g/mol. The van der Waals surface area contributed by atoms with Crippen molar-refractivity contribution in [2.75, 3.05) is 12.3 Å². The summed E-state index contributed by atoms with van der Waals surface area (Å²) < 4.78 is 0. The smallest absolute Gasteiger partial charge is 0.327 e. The van der Waals surface area contributed by atoms with Crippen molar-refractivity contribution in [1.29, 1.82) is 0 Å². The summed E-state index contributed by atoms with van der Waals surface area (Å²) >= 11 is 3.81. The molecule has 0 aliphatic rings. The van der Waals surface area contributed by atoms with Crippen LogP contribution in [0.4, 0.5) is 0 Å². The van der Waals surface area contributed by atoms with Gasteiger partial charge in [-0.1, -0.05) is 13.8 Å². The lowest BCUT2D eigenvalue weighted by atomic mass is 10.0. The van der Waals surface area contributed by atoms with Crippen molar-refractivity contribution in [1.82, 2.24) is 16.0 Å². The number of rotatable bonds is 13. The largest absolute Gasteiger partial charge is 0.480 e. The van der Waals surface area contributed by atoms with Crippen LogP contribution >= 0.6 is 12.6 Å². The number of amides is 4. The number of primary amides is 1. The topological polar surface area (TPSA) is 194 Å². The predicted octanol–water partition coefficient (Wildman–Crippen LogP) is -2.27. The van der Waals surface area contributed by atoms with E-state index >= 15 is 0 Å². The average molecular weight is 420 g/mol. The summed E-state index contributed by atoms with van der Waals surface area (Å²) in [5.41, 5.74) is 10.9. The summed E-state index contributed by atoms with van der Waals surface area (Å²) in [6.07, 6.45) is 0.167. The molecular formula is C16H29N5O6S. The molecule has 11 nitrogen and oxygen atoms in total. The third-order valence-electron chi connectivity index (χ3n) is 3.61. The molecule has 160 valence electrons. The summed E-state index contributed by atoms with van der Waals surface area (Å²) in [4.78, 5) is 58.1. The molecule has 0 saturated heterocycles. The normalized spacial score (nSPS) is 13.9. The third-order valence-corrected chi connectivity index (χ3v) is 3.98. The fourth-order valence-corrected chi connectivity index (χ4v) is 2.42. The van der Waals surface area contributed by atoms with Crippen LogP contribution in [0, 0.1) is 5.92 Å². The van der Waals surface area contributed by atoms with E-state index in [9.17, 15) is 24.0 Å². The van der Waals surface area contributed by atoms with Gasteiger partial charge in [0.2, 0.25) is 23.6 Å². The first kappa shape index (κ1) is 25.7. The minimum Gasteiger partial charge on any atom is -0.480 e. The van der Waals surface area contributed by atoms with Gasteiger partial charge >= 0.3 is 5.97 Å². The molecule has 0 saturated carbocycles. The van der Waals surface area contributed by atoms with Gasteiger partial charge in [0.15, 0.2) is 0 Å². The van der Waals surface area contributed by atoms with Gasteiger partial charge in [0.25, 0.3) is 0 Å². The van der Waals surface area contributed by atoms with E-state index in [4.69, 9.17) is 16.6 Å². The molecule has 3 unspecified atom stereocenters. The van der Waals surface area contributed by atoms with Crippen molar-refractivity contribution in [3.05, 3.63) is 0 Å². The summed E-state index contributed by atoms with van der Waals surface area (Å²) in [7, 11) is 0. The van der Waals surface area contributed by atoms with Gasteiger partial charge in [-0.15, -0.1) is 0 Å². The highest BCUT2D eigenvalue weighted by Gasteiger charge is 2.25. The molecule has 0 aliphatic heterocycles. The van der Waals surface area contributed by atoms with Crippen LogP contribution in [-0.2, 0) is 24.0 Å². The molecule has 4 amide bonds. The number of carboxylic acid groups (broad SMARTS) is 1. The van der Waals surface area contributed by atoms with Crippen molar-refractivity contribution >= 4 is 42.2 Å². The van der Waals surface area contributed by atoms with Crippen molar-refractivity contribution in [2.24, 2.45) is 17.4 Å². The Balaban J connectivity index is 4.83. The monoisotopic (exact) mass is 419 g/mol. The number of carbonyl (C=O) groups excluding carboxylic acids is 4. The number of nitrogens with two attached hydrogens (primary N) is 2. The number of carbonyl (C=O) groups is 5. The zero-order valence-corrected chi connectivity index (χ0v) is 16.8. The molecule has 12 heteroatoms. The van der Waals surface area contributed by atoms with Crippen LogP contribution < -0.4 is 27.4 Å². The second kappa shape index (κ2) is 12.9. The first-order chi connectivity index (χ1) is 13.0. The highest BCUT2D eigenvalue weighted by Crippen LogP contribution is 2.04. The van der Waals surface area contributed by atoms with Crippen LogP contribution in [0.2, 0.25) is 0 Å². The summed E-state index contributed by atoms with van der Waals surface area (Å²) in [5, 5.41) is 15.8. The Kier molecular flexibility index (Phi) is 11.9. The molecule has 0 aromatic heterocycles. The van der Waals surface area contributed by atoms with Gasteiger partial charge in [0, 0.05) is 12.2 Å². The Bertz CT molecular complexity index is 586. The molecule has 0 heterocycles. The molecule has 0 fully saturated rings. The minimum absolute atomic E-state index is 0.0721. The lowest BCUT2D eigenvalue weighted by Crippen LogP contribution is -2.54. The van der Waals surface area contributed by atoms with Crippen LogP contribution in [-0.4, -0.2) is 65.1 Å². The molecule has 0 bridgehead atoms. The van der Waals surface area contributed by atoms with Crippen molar-refractivity contribution in [2.45, 2.75) is 51.2 Å². The van der Waals surface area contributed by atoms with Gasteiger partial charge in [-0.2, -0.15) is 12.6 Å². The average Bonchev–Trinajstić information content (AvgIpc) is 2.59. The molecule has 0 aromatic carbocycles. The zero-order valence-electron chi connectivity index (χ0n) is 15.9. The first-order valence-corrected chi connectivity index (χ1v) is 9.36. The van der Waals surface area contributed by atoms with Crippen LogP contribution in [0.25, 0.3) is 0 Å². The Morgan fingerprint density at radius 1 is 1.04 bits per heavy atom. The van der Waals surface area contributed by atoms with Gasteiger partial charge in [0.1, 0.15) is 12.1 Å². The van der Waals surface area contributed by atoms with E-state index in [1.54, 1.807) is 0 Å². The predicted molar refractivity (Wildman–Crippen MR) is 104 cm³/mol. The first-order valence-electron chi connectivity index (χ1n) is 8.72. The Morgan fingerprint density at radius 3 is 2.11 bits per heavy atom. The van der Waals surface area contributed by atoms with E-state index < -0.39 is 54.3 Å². The van der Waals surface area contributed by atoms with Crippen LogP contribution in [0.1, 0.15) is 33.1 Å². The molecule has 8 N–H and O–H groups in total. The maximum absolute atomic E-state index is 12.3. The van der Waals surface area contributed by atoms with E-state index in [1.165, 1.54) is 0 Å². The number of hydrogen-bond donors (Lipinski definition) is 7. The van der Waals surface area contributed by atoms with E-state index in [-0.39, 0.29) is 24.5 Å². The number of aliphatic carboxylic acids is 1. The summed E-state index contributed by atoms with van der Waals surface area (Å²) in [6, 6.07) is -3.16. The maximum atomic E-state index is 12.3. The molecule has 0 spiro atoms. The van der Waals surface area contributed by atoms with Gasteiger partial charge in [0.05, 0.1) is 12.6 Å². The van der Waals surface area contributed by atoms with E-state index in [0.29, 0.717) is 6.42 Å². The molecule has 3 atom stereocenters. The zero-order chi connectivity index (χ0) is 21.9. The Hall–Kier alpha value is -2.34. The molecule has 28 heavy (non-hydrogen) atoms. The van der Waals surface area contributed by atoms with Crippen molar-refractivity contribution < 1.29 is 29.1 Å². The van der Waals surface area contributed by atoms with E-state index in [0.717, 1.165) is 0 Å². The second-order valence-corrected chi connectivity index (χ2v) is 7.03. The Labute approximate surface area is 168 Å². The lowest BCUT2D eigenvalue weighted by molar-refractivity contribution is -0.141. The quantitative estimate of drug-likeness (QED) is 0.163. The fraction of sp³-hybridized carbons (Fsp3) is 0.688. The summed E-state index contributed by atoms with van der Waals surface area (Å²) in [6.45, 7) is 3.26. The standard InChI is InChI=1S/C16H29N5O6S/c1-8(2)5-9(17)14(24)21-10(3-4-12(18)22)15(25)19-6-13(23)20-11(7-28)16(26)27/h8-11,28H,3-7,17H2,1-2H3,(H2,18,22)(H,19,25)(H,20,23)(H,21,24)(H,26,27). The van der Waals surface area contributed by atoms with Crippen LogP contribution in [0.5, 0.6) is 0 Å². The highest BCUT2D eigenvalue weighted by molar-refractivity contribution is 7.80. The van der Waals surface area contributed by atoms with Gasteiger partial charge in [-0.25, -0.2) is 4.79 Å². The van der Waals surface area contributed by atoms with Crippen molar-refractivity contribution in [3.63, 3.8) is 0 Å². The second-order valence-electron chi connectivity index (χ2n) is 6.66. The van der Waals surface area contributed by atoms with E-state index in [2.05, 4.69) is 28.6 Å². The SMILES string of the molecule is CC(C)CC(N)C(=O)NC(CCC(N)=O)C(=O)NCC(=O)NC(CS)C(=O)O. The Morgan fingerprint density at radius 2 is 1.64 bits per heavy atom. The maximum Gasteiger partial charge on any atom is 0.327 e. The lowest BCUT2D eigenvalue weighted by Gasteiger charge is -2.21. The molecule has 0 radical (unpaired) electrons. The number of hydrogen-bond acceptors (Lipinski definition) is 7. The molecule has 0 rings (SSSR count). The van der Waals surface area contributed by atoms with Gasteiger partial charge in [-0.05, 0) is 18.8 Å². The minimum atomic E-state index is -1.26. The number of carboxylic acids is 1. The summed E-state index contributed by atoms with van der Waals surface area (Å²) in [5.74, 6) is -3.92. The molecule has 0 aromatic rings. The van der Waals surface area contributed by atoms with Crippen molar-refractivity contribution in [3.8, 4) is 0 Å². The number of thiol groups is 1. The number of nitrogens with one attached hydrogen (secondary N) is 3. The molecule has 0 aliphatic carbocycles. The van der Waals surface area contributed by atoms with Crippen LogP contribution in [0.3, 0.4) is 0 Å². The van der Waals surface area contributed by atoms with E-state index in [1.807, 2.05) is 13.8 Å². The third kappa shape index (κ3) is 10.7. The van der Waals surface area contributed by atoms with Gasteiger partial charge in [-0.3, -0.25) is 19.2 Å². The van der Waals surface area contributed by atoms with Gasteiger partial charge < -0.3 is 32.5 Å². The highest BCUT2D eigenvalue weighted by atomic mass is 32.1. The van der Waals surface area contributed by atoms with Crippen LogP contribution in [0.15, 0.2) is 0 Å². The fourth-order valence-electron chi connectivity index (χ4n) is 2.17.